The van der Waals surface area contributed by atoms with Gasteiger partial charge in [-0.05, 0) is 29.7 Å². The molecule has 0 saturated heterocycles. The highest BCUT2D eigenvalue weighted by Gasteiger charge is 2.13. The Hall–Kier alpha value is -1.19. The molecule has 1 nitrogen and oxygen atoms in total. The molecule has 0 amide bonds. The maximum Gasteiger partial charge on any atom is 0.129 e. The van der Waals surface area contributed by atoms with Crippen LogP contribution in [0, 0.1) is 5.82 Å². The molecule has 2 rings (SSSR count). The molecule has 0 radical (unpaired) electrons. The lowest BCUT2D eigenvalue weighted by atomic mass is 9.97. The smallest absolute Gasteiger partial charge is 0.129 e. The van der Waals surface area contributed by atoms with Crippen molar-refractivity contribution in [3.8, 4) is 0 Å². The van der Waals surface area contributed by atoms with E-state index in [2.05, 4.69) is 22.9 Å². The molecule has 0 bridgehead atoms. The van der Waals surface area contributed by atoms with Crippen molar-refractivity contribution in [3.63, 3.8) is 0 Å². The number of nitrogens with two attached hydrogens (primary N) is 1. The summed E-state index contributed by atoms with van der Waals surface area (Å²) in [6, 6.07) is 12.5. The molecule has 0 heterocycles. The molecule has 0 aliphatic heterocycles. The van der Waals surface area contributed by atoms with Crippen LogP contribution in [0.2, 0.25) is 0 Å². The molecule has 0 aliphatic carbocycles. The number of halogens is 2. The molecular weight excluding hydrogens is 293 g/mol. The molecule has 18 heavy (non-hydrogen) atoms. The van der Waals surface area contributed by atoms with Crippen LogP contribution in [0.25, 0.3) is 0 Å². The molecule has 94 valence electrons. The Kier molecular flexibility index (Phi) is 4.15. The Balaban J connectivity index is 2.37. The molecule has 2 aromatic rings. The first-order valence-electron chi connectivity index (χ1n) is 5.91. The van der Waals surface area contributed by atoms with E-state index in [1.54, 1.807) is 6.07 Å². The first kappa shape index (κ1) is 13.2. The number of aryl methyl sites for hydroxylation is 1. The zero-order valence-corrected chi connectivity index (χ0v) is 11.7. The molecule has 2 aromatic carbocycles. The Bertz CT molecular complexity index is 554. The molecule has 2 N–H and O–H groups in total. The fraction of sp³-hybridized carbons (Fsp3) is 0.200. The fourth-order valence-electron chi connectivity index (χ4n) is 1.94. The van der Waals surface area contributed by atoms with Crippen LogP contribution < -0.4 is 5.73 Å². The first-order valence-corrected chi connectivity index (χ1v) is 6.70. The summed E-state index contributed by atoms with van der Waals surface area (Å²) in [6.07, 6.45) is 0.948. The van der Waals surface area contributed by atoms with Crippen molar-refractivity contribution < 1.29 is 4.39 Å². The summed E-state index contributed by atoms with van der Waals surface area (Å²) >= 11 is 3.24. The molecule has 1 unspecified atom stereocenters. The Labute approximate surface area is 115 Å². The predicted molar refractivity (Wildman–Crippen MR) is 76.0 cm³/mol. The summed E-state index contributed by atoms with van der Waals surface area (Å²) in [5, 5.41) is 0. The number of benzene rings is 2. The van der Waals surface area contributed by atoms with Crippen molar-refractivity contribution in [2.45, 2.75) is 19.4 Å². The molecule has 3 heteroatoms. The normalized spacial score (nSPS) is 12.4. The fourth-order valence-corrected chi connectivity index (χ4v) is 2.27. The maximum absolute atomic E-state index is 13.9. The number of rotatable bonds is 3. The van der Waals surface area contributed by atoms with Gasteiger partial charge in [-0.1, -0.05) is 53.2 Å². The third-order valence-electron chi connectivity index (χ3n) is 3.02. The van der Waals surface area contributed by atoms with Gasteiger partial charge in [-0.15, -0.1) is 0 Å². The second-order valence-corrected chi connectivity index (χ2v) is 5.16. The van der Waals surface area contributed by atoms with E-state index < -0.39 is 6.04 Å². The summed E-state index contributed by atoms with van der Waals surface area (Å²) in [6.45, 7) is 2.09. The van der Waals surface area contributed by atoms with Gasteiger partial charge in [0, 0.05) is 10.0 Å². The van der Waals surface area contributed by atoms with E-state index in [0.717, 1.165) is 16.5 Å². The van der Waals surface area contributed by atoms with E-state index >= 15 is 0 Å². The van der Waals surface area contributed by atoms with Crippen LogP contribution in [0.15, 0.2) is 46.9 Å². The van der Waals surface area contributed by atoms with Crippen molar-refractivity contribution in [2.24, 2.45) is 5.73 Å². The van der Waals surface area contributed by atoms with E-state index in [9.17, 15) is 4.39 Å². The van der Waals surface area contributed by atoms with Gasteiger partial charge in [0.2, 0.25) is 0 Å². The maximum atomic E-state index is 13.9. The Morgan fingerprint density at radius 3 is 2.67 bits per heavy atom. The highest BCUT2D eigenvalue weighted by molar-refractivity contribution is 9.10. The zero-order chi connectivity index (χ0) is 13.1. The van der Waals surface area contributed by atoms with Crippen LogP contribution in [0.4, 0.5) is 4.39 Å². The minimum absolute atomic E-state index is 0.279. The number of hydrogen-bond donors (Lipinski definition) is 1. The van der Waals surface area contributed by atoms with Crippen molar-refractivity contribution in [1.29, 1.82) is 0 Å². The zero-order valence-electron chi connectivity index (χ0n) is 10.2. The third-order valence-corrected chi connectivity index (χ3v) is 3.51. The summed E-state index contributed by atoms with van der Waals surface area (Å²) in [4.78, 5) is 0. The molecule has 0 aromatic heterocycles. The van der Waals surface area contributed by atoms with Gasteiger partial charge in [-0.3, -0.25) is 0 Å². The first-order chi connectivity index (χ1) is 8.61. The highest BCUT2D eigenvalue weighted by Crippen LogP contribution is 2.25. The SMILES string of the molecule is CCc1cccc(C(N)c2ccc(Br)cc2F)c1. The lowest BCUT2D eigenvalue weighted by Crippen LogP contribution is -2.13. The van der Waals surface area contributed by atoms with Gasteiger partial charge in [0.05, 0.1) is 6.04 Å². The molecule has 0 spiro atoms. The summed E-state index contributed by atoms with van der Waals surface area (Å²) in [7, 11) is 0. The van der Waals surface area contributed by atoms with Gasteiger partial charge in [0.25, 0.3) is 0 Å². The lowest BCUT2D eigenvalue weighted by molar-refractivity contribution is 0.598. The molecule has 0 saturated carbocycles. The average Bonchev–Trinajstić information content (AvgIpc) is 2.38. The van der Waals surface area contributed by atoms with Gasteiger partial charge in [0.1, 0.15) is 5.82 Å². The quantitative estimate of drug-likeness (QED) is 0.903. The van der Waals surface area contributed by atoms with Crippen LogP contribution in [0.3, 0.4) is 0 Å². The lowest BCUT2D eigenvalue weighted by Gasteiger charge is -2.14. The van der Waals surface area contributed by atoms with Crippen LogP contribution in [-0.4, -0.2) is 0 Å². The summed E-state index contributed by atoms with van der Waals surface area (Å²) < 4.78 is 14.6. The standard InChI is InChI=1S/C15H15BrFN/c1-2-10-4-3-5-11(8-10)15(18)13-7-6-12(16)9-14(13)17/h3-9,15H,2,18H2,1H3. The van der Waals surface area contributed by atoms with Crippen LogP contribution in [0.1, 0.15) is 29.7 Å². The van der Waals surface area contributed by atoms with Crippen LogP contribution >= 0.6 is 15.9 Å². The van der Waals surface area contributed by atoms with Gasteiger partial charge >= 0.3 is 0 Å². The van der Waals surface area contributed by atoms with Crippen molar-refractivity contribution in [3.05, 3.63) is 69.4 Å². The monoisotopic (exact) mass is 307 g/mol. The minimum Gasteiger partial charge on any atom is -0.320 e. The van der Waals surface area contributed by atoms with Crippen molar-refractivity contribution in [2.75, 3.05) is 0 Å². The number of hydrogen-bond acceptors (Lipinski definition) is 1. The predicted octanol–water partition coefficient (Wildman–Crippen LogP) is 4.20. The average molecular weight is 308 g/mol. The van der Waals surface area contributed by atoms with Crippen molar-refractivity contribution in [1.82, 2.24) is 0 Å². The van der Waals surface area contributed by atoms with Gasteiger partial charge < -0.3 is 5.73 Å². The van der Waals surface area contributed by atoms with E-state index in [4.69, 9.17) is 5.73 Å². The molecular formula is C15H15BrFN. The summed E-state index contributed by atoms with van der Waals surface area (Å²) in [5.74, 6) is -0.279. The van der Waals surface area contributed by atoms with Gasteiger partial charge in [-0.25, -0.2) is 4.39 Å². The largest absolute Gasteiger partial charge is 0.320 e. The van der Waals surface area contributed by atoms with Gasteiger partial charge in [0.15, 0.2) is 0 Å². The Morgan fingerprint density at radius 1 is 1.22 bits per heavy atom. The van der Waals surface area contributed by atoms with Crippen LogP contribution in [0.5, 0.6) is 0 Å². The highest BCUT2D eigenvalue weighted by atomic mass is 79.9. The molecule has 0 aliphatic rings. The van der Waals surface area contributed by atoms with Crippen LogP contribution in [-0.2, 0) is 6.42 Å². The second-order valence-electron chi connectivity index (χ2n) is 4.24. The van der Waals surface area contributed by atoms with E-state index in [-0.39, 0.29) is 5.82 Å². The molecule has 0 fully saturated rings. The molecule has 1 atom stereocenters. The van der Waals surface area contributed by atoms with Crippen molar-refractivity contribution >= 4 is 15.9 Å². The second kappa shape index (κ2) is 5.63. The van der Waals surface area contributed by atoms with E-state index in [0.29, 0.717) is 5.56 Å². The minimum atomic E-state index is -0.426. The summed E-state index contributed by atoms with van der Waals surface area (Å²) in [5.41, 5.74) is 8.80. The van der Waals surface area contributed by atoms with E-state index in [1.165, 1.54) is 11.6 Å². The topological polar surface area (TPSA) is 26.0 Å². The van der Waals surface area contributed by atoms with Gasteiger partial charge in [-0.2, -0.15) is 0 Å². The van der Waals surface area contributed by atoms with E-state index in [1.807, 2.05) is 30.3 Å². The third kappa shape index (κ3) is 2.79. The Morgan fingerprint density at radius 2 is 2.00 bits per heavy atom.